The van der Waals surface area contributed by atoms with Gasteiger partial charge < -0.3 is 14.8 Å². The van der Waals surface area contributed by atoms with Crippen LogP contribution in [0.25, 0.3) is 6.08 Å². The molecule has 1 aromatic carbocycles. The SMILES string of the molecule is CCOc1cc(/C=C/C(=O)NC(C)c2ccccn2)ccc1OC(F)F. The molecule has 1 atom stereocenters. The first-order valence-corrected chi connectivity index (χ1v) is 8.10. The van der Waals surface area contributed by atoms with Crippen molar-refractivity contribution in [3.63, 3.8) is 0 Å². The van der Waals surface area contributed by atoms with E-state index in [4.69, 9.17) is 4.74 Å². The number of pyridine rings is 1. The highest BCUT2D eigenvalue weighted by Crippen LogP contribution is 2.30. The van der Waals surface area contributed by atoms with Crippen molar-refractivity contribution in [2.75, 3.05) is 6.61 Å². The average molecular weight is 362 g/mol. The second kappa shape index (κ2) is 9.50. The predicted molar refractivity (Wildman–Crippen MR) is 94.1 cm³/mol. The molecule has 0 bridgehead atoms. The van der Waals surface area contributed by atoms with Crippen LogP contribution in [-0.2, 0) is 4.79 Å². The van der Waals surface area contributed by atoms with Gasteiger partial charge in [-0.2, -0.15) is 8.78 Å². The summed E-state index contributed by atoms with van der Waals surface area (Å²) in [4.78, 5) is 16.2. The van der Waals surface area contributed by atoms with Gasteiger partial charge in [0.2, 0.25) is 5.91 Å². The summed E-state index contributed by atoms with van der Waals surface area (Å²) in [6.07, 6.45) is 4.58. The van der Waals surface area contributed by atoms with Gasteiger partial charge in [0, 0.05) is 12.3 Å². The van der Waals surface area contributed by atoms with Gasteiger partial charge in [0.15, 0.2) is 11.5 Å². The van der Waals surface area contributed by atoms with E-state index in [2.05, 4.69) is 15.0 Å². The molecule has 0 aliphatic carbocycles. The van der Waals surface area contributed by atoms with Gasteiger partial charge in [-0.25, -0.2) is 0 Å². The van der Waals surface area contributed by atoms with Gasteiger partial charge in [-0.3, -0.25) is 9.78 Å². The summed E-state index contributed by atoms with van der Waals surface area (Å²) in [6, 6.07) is 9.71. The molecule has 0 aliphatic rings. The Balaban J connectivity index is 2.04. The third-order valence-corrected chi connectivity index (χ3v) is 3.40. The molecule has 1 N–H and O–H groups in total. The largest absolute Gasteiger partial charge is 0.490 e. The number of hydrogen-bond donors (Lipinski definition) is 1. The van der Waals surface area contributed by atoms with Crippen LogP contribution >= 0.6 is 0 Å². The van der Waals surface area contributed by atoms with E-state index in [1.165, 1.54) is 18.2 Å². The number of aromatic nitrogens is 1. The van der Waals surface area contributed by atoms with Crippen LogP contribution in [0, 0.1) is 0 Å². The minimum atomic E-state index is -2.94. The lowest BCUT2D eigenvalue weighted by Crippen LogP contribution is -2.25. The first-order chi connectivity index (χ1) is 12.5. The summed E-state index contributed by atoms with van der Waals surface area (Å²) in [7, 11) is 0. The summed E-state index contributed by atoms with van der Waals surface area (Å²) in [5.41, 5.74) is 1.37. The van der Waals surface area contributed by atoms with Crippen molar-refractivity contribution >= 4 is 12.0 Å². The predicted octanol–water partition coefficient (Wildman–Crippen LogP) is 3.97. The number of rotatable bonds is 8. The molecule has 0 fully saturated rings. The Hall–Kier alpha value is -2.96. The fourth-order valence-corrected chi connectivity index (χ4v) is 2.23. The molecule has 138 valence electrons. The number of hydrogen-bond acceptors (Lipinski definition) is 4. The minimum Gasteiger partial charge on any atom is -0.490 e. The molecule has 2 rings (SSSR count). The van der Waals surface area contributed by atoms with Gasteiger partial charge >= 0.3 is 6.61 Å². The van der Waals surface area contributed by atoms with Gasteiger partial charge in [-0.15, -0.1) is 0 Å². The monoisotopic (exact) mass is 362 g/mol. The van der Waals surface area contributed by atoms with Gasteiger partial charge in [0.25, 0.3) is 0 Å². The van der Waals surface area contributed by atoms with Crippen LogP contribution in [-0.4, -0.2) is 24.1 Å². The number of amides is 1. The third kappa shape index (κ3) is 5.84. The van der Waals surface area contributed by atoms with Gasteiger partial charge in [0.05, 0.1) is 18.3 Å². The molecule has 7 heteroatoms. The maximum absolute atomic E-state index is 12.4. The molecule has 2 aromatic rings. The number of ether oxygens (including phenoxy) is 2. The smallest absolute Gasteiger partial charge is 0.387 e. The van der Waals surface area contributed by atoms with Gasteiger partial charge in [-0.1, -0.05) is 12.1 Å². The molecule has 1 heterocycles. The van der Waals surface area contributed by atoms with E-state index in [0.29, 0.717) is 12.2 Å². The Bertz CT molecular complexity index is 752. The highest BCUT2D eigenvalue weighted by molar-refractivity contribution is 5.92. The van der Waals surface area contributed by atoms with E-state index < -0.39 is 6.61 Å². The first kappa shape index (κ1) is 19.4. The number of halogens is 2. The number of carbonyl (C=O) groups is 1. The number of nitrogens with one attached hydrogen (secondary N) is 1. The molecule has 0 saturated heterocycles. The molecular formula is C19H20F2N2O3. The molecule has 1 aromatic heterocycles. The summed E-state index contributed by atoms with van der Waals surface area (Å²) >= 11 is 0. The molecule has 1 amide bonds. The minimum absolute atomic E-state index is 0.0489. The lowest BCUT2D eigenvalue weighted by molar-refractivity contribution is -0.117. The molecule has 0 spiro atoms. The Morgan fingerprint density at radius 3 is 2.73 bits per heavy atom. The van der Waals surface area contributed by atoms with Gasteiger partial charge in [0.1, 0.15) is 0 Å². The standard InChI is InChI=1S/C19H20F2N2O3/c1-3-25-17-12-14(7-9-16(17)26-19(20)21)8-10-18(24)23-13(2)15-6-4-5-11-22-15/h4-13,19H,3H2,1-2H3,(H,23,24)/b10-8+. The Morgan fingerprint density at radius 1 is 1.27 bits per heavy atom. The van der Waals surface area contributed by atoms with Crippen LogP contribution in [0.1, 0.15) is 31.1 Å². The highest BCUT2D eigenvalue weighted by atomic mass is 19.3. The number of carbonyl (C=O) groups excluding carboxylic acids is 1. The lowest BCUT2D eigenvalue weighted by atomic mass is 10.1. The van der Waals surface area contributed by atoms with Crippen molar-refractivity contribution in [1.29, 1.82) is 0 Å². The number of benzene rings is 1. The van der Waals surface area contributed by atoms with Crippen molar-refractivity contribution in [2.24, 2.45) is 0 Å². The lowest BCUT2D eigenvalue weighted by Gasteiger charge is -2.12. The van der Waals surface area contributed by atoms with E-state index in [0.717, 1.165) is 5.69 Å². The maximum atomic E-state index is 12.4. The van der Waals surface area contributed by atoms with Crippen LogP contribution < -0.4 is 14.8 Å². The zero-order valence-electron chi connectivity index (χ0n) is 14.5. The van der Waals surface area contributed by atoms with E-state index in [-0.39, 0.29) is 23.4 Å². The van der Waals surface area contributed by atoms with Crippen molar-refractivity contribution < 1.29 is 23.0 Å². The molecule has 5 nitrogen and oxygen atoms in total. The van der Waals surface area contributed by atoms with Gasteiger partial charge in [-0.05, 0) is 49.8 Å². The molecule has 0 saturated carbocycles. The fourth-order valence-electron chi connectivity index (χ4n) is 2.23. The van der Waals surface area contributed by atoms with Crippen LogP contribution in [0.2, 0.25) is 0 Å². The normalized spacial score (nSPS) is 12.2. The van der Waals surface area contributed by atoms with Crippen LogP contribution in [0.15, 0.2) is 48.7 Å². The Labute approximate surface area is 150 Å². The summed E-state index contributed by atoms with van der Waals surface area (Å²) < 4.78 is 34.5. The van der Waals surface area contributed by atoms with Crippen molar-refractivity contribution in [3.05, 3.63) is 59.9 Å². The van der Waals surface area contributed by atoms with Crippen LogP contribution in [0.3, 0.4) is 0 Å². The molecule has 0 radical (unpaired) electrons. The van der Waals surface area contributed by atoms with Crippen molar-refractivity contribution in [1.82, 2.24) is 10.3 Å². The average Bonchev–Trinajstić information content (AvgIpc) is 2.62. The van der Waals surface area contributed by atoms with Crippen LogP contribution in [0.4, 0.5) is 8.78 Å². The Morgan fingerprint density at radius 2 is 2.08 bits per heavy atom. The Kier molecular flexibility index (Phi) is 7.08. The van der Waals surface area contributed by atoms with E-state index in [9.17, 15) is 13.6 Å². The molecular weight excluding hydrogens is 342 g/mol. The summed E-state index contributed by atoms with van der Waals surface area (Å²) in [5, 5.41) is 2.80. The van der Waals surface area contributed by atoms with Crippen molar-refractivity contribution in [2.45, 2.75) is 26.5 Å². The number of alkyl halides is 2. The third-order valence-electron chi connectivity index (χ3n) is 3.40. The summed E-state index contributed by atoms with van der Waals surface area (Å²) in [5.74, 6) is -0.154. The molecule has 1 unspecified atom stereocenters. The van der Waals surface area contributed by atoms with Crippen LogP contribution in [0.5, 0.6) is 11.5 Å². The summed E-state index contributed by atoms with van der Waals surface area (Å²) in [6.45, 7) is 0.933. The topological polar surface area (TPSA) is 60.5 Å². The quantitative estimate of drug-likeness (QED) is 0.722. The highest BCUT2D eigenvalue weighted by Gasteiger charge is 2.11. The van der Waals surface area contributed by atoms with E-state index >= 15 is 0 Å². The van der Waals surface area contributed by atoms with Crippen molar-refractivity contribution in [3.8, 4) is 11.5 Å². The van der Waals surface area contributed by atoms with E-state index in [1.54, 1.807) is 31.3 Å². The fraction of sp³-hybridized carbons (Fsp3) is 0.263. The molecule has 0 aliphatic heterocycles. The van der Waals surface area contributed by atoms with E-state index in [1.807, 2.05) is 19.1 Å². The number of nitrogens with zero attached hydrogens (tertiary/aromatic N) is 1. The second-order valence-corrected chi connectivity index (χ2v) is 5.34. The second-order valence-electron chi connectivity index (χ2n) is 5.34. The maximum Gasteiger partial charge on any atom is 0.387 e. The molecule has 26 heavy (non-hydrogen) atoms. The first-order valence-electron chi connectivity index (χ1n) is 8.10. The zero-order chi connectivity index (χ0) is 18.9. The zero-order valence-corrected chi connectivity index (χ0v) is 14.5.